The van der Waals surface area contributed by atoms with Crippen LogP contribution >= 0.6 is 11.6 Å². The van der Waals surface area contributed by atoms with Gasteiger partial charge in [-0.15, -0.1) is 0 Å². The van der Waals surface area contributed by atoms with E-state index in [9.17, 15) is 4.79 Å². The number of carbonyl (C=O) groups excluding carboxylic acids is 1. The third kappa shape index (κ3) is 2.54. The molecular formula is C10H11ClO2. The molecule has 1 aromatic carbocycles. The second-order valence-corrected chi connectivity index (χ2v) is 3.33. The number of aliphatic hydroxyl groups excluding tert-OH is 1. The first-order valence-corrected chi connectivity index (χ1v) is 4.39. The molecule has 1 atom stereocenters. The van der Waals surface area contributed by atoms with Gasteiger partial charge >= 0.3 is 0 Å². The van der Waals surface area contributed by atoms with Crippen LogP contribution in [0.15, 0.2) is 24.3 Å². The second-order valence-electron chi connectivity index (χ2n) is 2.90. The lowest BCUT2D eigenvalue weighted by atomic mass is 9.97. The van der Waals surface area contributed by atoms with Gasteiger partial charge in [-0.3, -0.25) is 4.79 Å². The molecule has 0 aliphatic carbocycles. The Bertz CT molecular complexity index is 292. The van der Waals surface area contributed by atoms with Crippen molar-refractivity contribution >= 4 is 17.4 Å². The third-order valence-electron chi connectivity index (χ3n) is 1.95. The predicted molar refractivity (Wildman–Crippen MR) is 52.0 cm³/mol. The van der Waals surface area contributed by atoms with Gasteiger partial charge in [0.1, 0.15) is 5.78 Å². The summed E-state index contributed by atoms with van der Waals surface area (Å²) in [4.78, 5) is 11.1. The molecule has 0 aromatic heterocycles. The van der Waals surface area contributed by atoms with E-state index in [2.05, 4.69) is 0 Å². The molecule has 3 heteroatoms. The van der Waals surface area contributed by atoms with Crippen molar-refractivity contribution in [2.75, 3.05) is 6.61 Å². The Morgan fingerprint density at radius 2 is 2.00 bits per heavy atom. The van der Waals surface area contributed by atoms with Crippen LogP contribution in [0, 0.1) is 0 Å². The van der Waals surface area contributed by atoms with Gasteiger partial charge in [-0.25, -0.2) is 0 Å². The molecule has 0 saturated heterocycles. The van der Waals surface area contributed by atoms with Gasteiger partial charge < -0.3 is 5.11 Å². The van der Waals surface area contributed by atoms with Crippen molar-refractivity contribution in [1.29, 1.82) is 0 Å². The highest BCUT2D eigenvalue weighted by atomic mass is 35.5. The van der Waals surface area contributed by atoms with E-state index in [1.54, 1.807) is 24.3 Å². The van der Waals surface area contributed by atoms with Crippen LogP contribution in [0.1, 0.15) is 18.4 Å². The summed E-state index contributed by atoms with van der Waals surface area (Å²) < 4.78 is 0. The number of hydrogen-bond acceptors (Lipinski definition) is 2. The van der Waals surface area contributed by atoms with Gasteiger partial charge in [0.15, 0.2) is 0 Å². The molecule has 0 heterocycles. The Kier molecular flexibility index (Phi) is 3.46. The van der Waals surface area contributed by atoms with Crippen molar-refractivity contribution in [3.63, 3.8) is 0 Å². The van der Waals surface area contributed by atoms with Gasteiger partial charge in [0.2, 0.25) is 0 Å². The Hall–Kier alpha value is -0.860. The summed E-state index contributed by atoms with van der Waals surface area (Å²) in [5.74, 6) is -0.456. The Morgan fingerprint density at radius 1 is 1.46 bits per heavy atom. The lowest BCUT2D eigenvalue weighted by molar-refractivity contribution is -0.119. The van der Waals surface area contributed by atoms with Gasteiger partial charge in [-0.1, -0.05) is 23.7 Å². The van der Waals surface area contributed by atoms with E-state index < -0.39 is 5.92 Å². The van der Waals surface area contributed by atoms with Crippen molar-refractivity contribution in [1.82, 2.24) is 0 Å². The average Bonchev–Trinajstić information content (AvgIpc) is 2.09. The molecular weight excluding hydrogens is 188 g/mol. The summed E-state index contributed by atoms with van der Waals surface area (Å²) in [5.41, 5.74) is 0.805. The molecule has 1 rings (SSSR count). The zero-order chi connectivity index (χ0) is 9.84. The van der Waals surface area contributed by atoms with E-state index >= 15 is 0 Å². The molecule has 0 fully saturated rings. The highest BCUT2D eigenvalue weighted by Gasteiger charge is 2.14. The number of benzene rings is 1. The smallest absolute Gasteiger partial charge is 0.139 e. The summed E-state index contributed by atoms with van der Waals surface area (Å²) >= 11 is 5.69. The SMILES string of the molecule is CC(=O)C(CO)c1ccc(Cl)cc1. The highest BCUT2D eigenvalue weighted by Crippen LogP contribution is 2.18. The van der Waals surface area contributed by atoms with E-state index in [4.69, 9.17) is 16.7 Å². The molecule has 0 aliphatic rings. The zero-order valence-electron chi connectivity index (χ0n) is 7.33. The fourth-order valence-corrected chi connectivity index (χ4v) is 1.29. The van der Waals surface area contributed by atoms with E-state index in [0.29, 0.717) is 5.02 Å². The van der Waals surface area contributed by atoms with Crippen molar-refractivity contribution in [2.24, 2.45) is 0 Å². The van der Waals surface area contributed by atoms with Crippen LogP contribution in [-0.4, -0.2) is 17.5 Å². The third-order valence-corrected chi connectivity index (χ3v) is 2.20. The summed E-state index contributed by atoms with van der Waals surface area (Å²) in [7, 11) is 0. The van der Waals surface area contributed by atoms with Crippen LogP contribution in [-0.2, 0) is 4.79 Å². The maximum atomic E-state index is 11.1. The first-order valence-electron chi connectivity index (χ1n) is 4.02. The number of aliphatic hydroxyl groups is 1. The molecule has 1 unspecified atom stereocenters. The molecule has 0 saturated carbocycles. The van der Waals surface area contributed by atoms with Crippen LogP contribution in [0.25, 0.3) is 0 Å². The Balaban J connectivity index is 2.92. The molecule has 1 aromatic rings. The fourth-order valence-electron chi connectivity index (χ4n) is 1.16. The molecule has 1 N–H and O–H groups in total. The highest BCUT2D eigenvalue weighted by molar-refractivity contribution is 6.30. The minimum absolute atomic E-state index is 0.0372. The van der Waals surface area contributed by atoms with Crippen LogP contribution in [0.4, 0.5) is 0 Å². The van der Waals surface area contributed by atoms with Crippen LogP contribution in [0.5, 0.6) is 0 Å². The monoisotopic (exact) mass is 198 g/mol. The van der Waals surface area contributed by atoms with Crippen molar-refractivity contribution < 1.29 is 9.90 Å². The molecule has 13 heavy (non-hydrogen) atoms. The molecule has 0 bridgehead atoms. The molecule has 0 aliphatic heterocycles. The number of rotatable bonds is 3. The maximum absolute atomic E-state index is 11.1. The minimum atomic E-state index is -0.419. The van der Waals surface area contributed by atoms with E-state index in [1.165, 1.54) is 6.92 Å². The van der Waals surface area contributed by atoms with Gasteiger partial charge in [-0.05, 0) is 24.6 Å². The minimum Gasteiger partial charge on any atom is -0.395 e. The molecule has 2 nitrogen and oxygen atoms in total. The first kappa shape index (κ1) is 10.2. The molecule has 0 radical (unpaired) electrons. The lowest BCUT2D eigenvalue weighted by Gasteiger charge is -2.10. The standard InChI is InChI=1S/C10H11ClO2/c1-7(13)10(6-12)8-2-4-9(11)5-3-8/h2-5,10,12H,6H2,1H3. The number of carbonyl (C=O) groups is 1. The Morgan fingerprint density at radius 3 is 2.38 bits per heavy atom. The molecule has 70 valence electrons. The van der Waals surface area contributed by atoms with E-state index in [1.807, 2.05) is 0 Å². The fraction of sp³-hybridized carbons (Fsp3) is 0.300. The summed E-state index contributed by atoms with van der Waals surface area (Å²) in [6.07, 6.45) is 0. The summed E-state index contributed by atoms with van der Waals surface area (Å²) in [6, 6.07) is 6.93. The largest absolute Gasteiger partial charge is 0.395 e. The van der Waals surface area contributed by atoms with Gasteiger partial charge in [0.05, 0.1) is 12.5 Å². The lowest BCUT2D eigenvalue weighted by Crippen LogP contribution is -2.12. The van der Waals surface area contributed by atoms with Crippen molar-refractivity contribution in [2.45, 2.75) is 12.8 Å². The van der Waals surface area contributed by atoms with Crippen LogP contribution < -0.4 is 0 Å². The normalized spacial score (nSPS) is 12.5. The number of Topliss-reactive ketones (excluding diaryl/α,β-unsaturated/α-hetero) is 1. The Labute approximate surface area is 82.2 Å². The summed E-state index contributed by atoms with van der Waals surface area (Å²) in [5, 5.41) is 9.59. The average molecular weight is 199 g/mol. The van der Waals surface area contributed by atoms with Gasteiger partial charge in [0, 0.05) is 5.02 Å². The van der Waals surface area contributed by atoms with Crippen LogP contribution in [0.3, 0.4) is 0 Å². The topological polar surface area (TPSA) is 37.3 Å². The first-order chi connectivity index (χ1) is 6.15. The predicted octanol–water partition coefficient (Wildman–Crippen LogP) is 2.00. The number of halogens is 1. The summed E-state index contributed by atoms with van der Waals surface area (Å²) in [6.45, 7) is 1.31. The van der Waals surface area contributed by atoms with E-state index in [0.717, 1.165) is 5.56 Å². The van der Waals surface area contributed by atoms with Gasteiger partial charge in [0.25, 0.3) is 0 Å². The number of ketones is 1. The van der Waals surface area contributed by atoms with Crippen LogP contribution in [0.2, 0.25) is 5.02 Å². The van der Waals surface area contributed by atoms with Gasteiger partial charge in [-0.2, -0.15) is 0 Å². The number of hydrogen-bond donors (Lipinski definition) is 1. The van der Waals surface area contributed by atoms with Crippen molar-refractivity contribution in [3.8, 4) is 0 Å². The maximum Gasteiger partial charge on any atom is 0.139 e. The zero-order valence-corrected chi connectivity index (χ0v) is 8.08. The van der Waals surface area contributed by atoms with Crippen molar-refractivity contribution in [3.05, 3.63) is 34.9 Å². The van der Waals surface area contributed by atoms with E-state index in [-0.39, 0.29) is 12.4 Å². The quantitative estimate of drug-likeness (QED) is 0.807. The molecule has 0 spiro atoms. The molecule has 0 amide bonds. The second kappa shape index (κ2) is 4.40.